The molecule has 0 spiro atoms. The summed E-state index contributed by atoms with van der Waals surface area (Å²) in [6, 6.07) is 4.25. The van der Waals surface area contributed by atoms with E-state index in [4.69, 9.17) is 0 Å². The molecule has 1 rings (SSSR count). The van der Waals surface area contributed by atoms with E-state index in [0.717, 1.165) is 12.1 Å². The summed E-state index contributed by atoms with van der Waals surface area (Å²) in [4.78, 5) is 0. The van der Waals surface area contributed by atoms with Crippen molar-refractivity contribution in [2.45, 2.75) is 25.6 Å². The second-order valence-electron chi connectivity index (χ2n) is 3.48. The van der Waals surface area contributed by atoms with Gasteiger partial charge in [0.15, 0.2) is 0 Å². The number of rotatable bonds is 4. The van der Waals surface area contributed by atoms with Crippen molar-refractivity contribution in [3.8, 4) is 0 Å². The van der Waals surface area contributed by atoms with Crippen LogP contribution in [0.3, 0.4) is 0 Å². The molecule has 90 valence electrons. The van der Waals surface area contributed by atoms with Gasteiger partial charge in [0.1, 0.15) is 5.82 Å². The van der Waals surface area contributed by atoms with Crippen molar-refractivity contribution in [1.82, 2.24) is 5.32 Å². The van der Waals surface area contributed by atoms with E-state index < -0.39 is 24.5 Å². The SMILES string of the molecule is CCNC(CC(F)(F)F)c1ccc(F)cc1. The third-order valence-corrected chi connectivity index (χ3v) is 2.16. The molecular formula is C11H13F4N. The molecule has 0 radical (unpaired) electrons. The molecule has 0 aromatic heterocycles. The van der Waals surface area contributed by atoms with E-state index in [0.29, 0.717) is 12.1 Å². The minimum Gasteiger partial charge on any atom is -0.310 e. The summed E-state index contributed by atoms with van der Waals surface area (Å²) in [5.74, 6) is -0.453. The Bertz CT molecular complexity index is 318. The van der Waals surface area contributed by atoms with Crippen molar-refractivity contribution >= 4 is 0 Å². The van der Waals surface area contributed by atoms with Gasteiger partial charge >= 0.3 is 6.18 Å². The molecule has 0 aliphatic heterocycles. The Labute approximate surface area is 91.5 Å². The first-order valence-electron chi connectivity index (χ1n) is 4.98. The van der Waals surface area contributed by atoms with E-state index >= 15 is 0 Å². The van der Waals surface area contributed by atoms with Crippen molar-refractivity contribution in [1.29, 1.82) is 0 Å². The van der Waals surface area contributed by atoms with Gasteiger partial charge in [0.2, 0.25) is 0 Å². The van der Waals surface area contributed by atoms with E-state index in [1.807, 2.05) is 0 Å². The van der Waals surface area contributed by atoms with Crippen LogP contribution in [0, 0.1) is 5.82 Å². The van der Waals surface area contributed by atoms with Gasteiger partial charge in [-0.25, -0.2) is 4.39 Å². The van der Waals surface area contributed by atoms with Crippen molar-refractivity contribution < 1.29 is 17.6 Å². The lowest BCUT2D eigenvalue weighted by molar-refractivity contribution is -0.140. The Kier molecular flexibility index (Phi) is 4.29. The van der Waals surface area contributed by atoms with Crippen LogP contribution in [0.1, 0.15) is 24.9 Å². The summed E-state index contributed by atoms with van der Waals surface area (Å²) >= 11 is 0. The first kappa shape index (κ1) is 13.0. The molecule has 1 N–H and O–H groups in total. The zero-order valence-corrected chi connectivity index (χ0v) is 8.81. The van der Waals surface area contributed by atoms with Gasteiger partial charge < -0.3 is 5.32 Å². The fourth-order valence-corrected chi connectivity index (χ4v) is 1.48. The van der Waals surface area contributed by atoms with Gasteiger partial charge in [-0.05, 0) is 24.2 Å². The summed E-state index contributed by atoms with van der Waals surface area (Å²) in [6.45, 7) is 2.16. The Morgan fingerprint density at radius 2 is 1.75 bits per heavy atom. The Morgan fingerprint density at radius 3 is 2.19 bits per heavy atom. The number of hydrogen-bond acceptors (Lipinski definition) is 1. The summed E-state index contributed by atoms with van der Waals surface area (Å²) in [7, 11) is 0. The Balaban J connectivity index is 2.80. The molecule has 1 aromatic carbocycles. The molecule has 16 heavy (non-hydrogen) atoms. The maximum atomic E-state index is 12.6. The van der Waals surface area contributed by atoms with Crippen molar-refractivity contribution in [2.75, 3.05) is 6.54 Å². The van der Waals surface area contributed by atoms with Crippen LogP contribution in [-0.2, 0) is 0 Å². The first-order valence-corrected chi connectivity index (χ1v) is 4.98. The van der Waals surface area contributed by atoms with Gasteiger partial charge in [-0.1, -0.05) is 19.1 Å². The van der Waals surface area contributed by atoms with E-state index in [1.165, 1.54) is 12.1 Å². The monoisotopic (exact) mass is 235 g/mol. The Hall–Kier alpha value is -1.10. The number of benzene rings is 1. The molecule has 1 nitrogen and oxygen atoms in total. The largest absolute Gasteiger partial charge is 0.390 e. The van der Waals surface area contributed by atoms with Crippen molar-refractivity contribution in [2.24, 2.45) is 0 Å². The van der Waals surface area contributed by atoms with Gasteiger partial charge in [-0.2, -0.15) is 13.2 Å². The average molecular weight is 235 g/mol. The van der Waals surface area contributed by atoms with E-state index in [9.17, 15) is 17.6 Å². The lowest BCUT2D eigenvalue weighted by Crippen LogP contribution is -2.26. The first-order chi connectivity index (χ1) is 7.42. The molecule has 5 heteroatoms. The number of halogens is 4. The van der Waals surface area contributed by atoms with E-state index in [-0.39, 0.29) is 0 Å². The maximum Gasteiger partial charge on any atom is 0.390 e. The second kappa shape index (κ2) is 5.30. The zero-order chi connectivity index (χ0) is 12.2. The summed E-state index contributed by atoms with van der Waals surface area (Å²) in [5.41, 5.74) is 0.445. The van der Waals surface area contributed by atoms with Crippen LogP contribution in [0.5, 0.6) is 0 Å². The standard InChI is InChI=1S/C11H13F4N/c1-2-16-10(7-11(13,14)15)8-3-5-9(12)6-4-8/h3-6,10,16H,2,7H2,1H3. The van der Waals surface area contributed by atoms with Crippen molar-refractivity contribution in [3.63, 3.8) is 0 Å². The second-order valence-corrected chi connectivity index (χ2v) is 3.48. The number of nitrogens with one attached hydrogen (secondary N) is 1. The molecule has 0 aliphatic rings. The highest BCUT2D eigenvalue weighted by Gasteiger charge is 2.32. The predicted octanol–water partition coefficient (Wildman–Crippen LogP) is 3.43. The lowest BCUT2D eigenvalue weighted by atomic mass is 10.0. The molecule has 0 saturated heterocycles. The summed E-state index contributed by atoms with van der Waals surface area (Å²) in [6.07, 6.45) is -5.19. The van der Waals surface area contributed by atoms with Crippen molar-refractivity contribution in [3.05, 3.63) is 35.6 Å². The highest BCUT2D eigenvalue weighted by molar-refractivity contribution is 5.20. The molecule has 1 unspecified atom stereocenters. The molecule has 0 fully saturated rings. The highest BCUT2D eigenvalue weighted by atomic mass is 19.4. The molecule has 0 heterocycles. The molecule has 0 amide bonds. The van der Waals surface area contributed by atoms with Crippen LogP contribution in [0.2, 0.25) is 0 Å². The minimum atomic E-state index is -4.23. The van der Waals surface area contributed by atoms with E-state index in [1.54, 1.807) is 6.92 Å². The van der Waals surface area contributed by atoms with Crippen LogP contribution < -0.4 is 5.32 Å². The van der Waals surface area contributed by atoms with Crippen LogP contribution in [0.15, 0.2) is 24.3 Å². The molecule has 1 aromatic rings. The third kappa shape index (κ3) is 4.18. The topological polar surface area (TPSA) is 12.0 Å². The third-order valence-electron chi connectivity index (χ3n) is 2.16. The van der Waals surface area contributed by atoms with Gasteiger partial charge in [0, 0.05) is 6.04 Å². The molecule has 0 bridgehead atoms. The maximum absolute atomic E-state index is 12.6. The smallest absolute Gasteiger partial charge is 0.310 e. The lowest BCUT2D eigenvalue weighted by Gasteiger charge is -2.19. The van der Waals surface area contributed by atoms with Gasteiger partial charge in [0.25, 0.3) is 0 Å². The van der Waals surface area contributed by atoms with Crippen LogP contribution in [0.25, 0.3) is 0 Å². The predicted molar refractivity (Wildman–Crippen MR) is 53.5 cm³/mol. The molecular weight excluding hydrogens is 222 g/mol. The van der Waals surface area contributed by atoms with Crippen LogP contribution in [0.4, 0.5) is 17.6 Å². The fraction of sp³-hybridized carbons (Fsp3) is 0.455. The summed E-state index contributed by atoms with van der Waals surface area (Å²) in [5, 5.41) is 2.73. The Morgan fingerprint density at radius 1 is 1.19 bits per heavy atom. The zero-order valence-electron chi connectivity index (χ0n) is 8.81. The number of hydrogen-bond donors (Lipinski definition) is 1. The molecule has 0 saturated carbocycles. The highest BCUT2D eigenvalue weighted by Crippen LogP contribution is 2.29. The minimum absolute atomic E-state index is 0.429. The molecule has 0 aliphatic carbocycles. The molecule has 1 atom stereocenters. The number of alkyl halides is 3. The van der Waals surface area contributed by atoms with Gasteiger partial charge in [-0.15, -0.1) is 0 Å². The fourth-order valence-electron chi connectivity index (χ4n) is 1.48. The van der Waals surface area contributed by atoms with Gasteiger partial charge in [-0.3, -0.25) is 0 Å². The normalized spacial score (nSPS) is 13.8. The van der Waals surface area contributed by atoms with Gasteiger partial charge in [0.05, 0.1) is 6.42 Å². The quantitative estimate of drug-likeness (QED) is 0.788. The van der Waals surface area contributed by atoms with Crippen LogP contribution in [-0.4, -0.2) is 12.7 Å². The van der Waals surface area contributed by atoms with E-state index in [2.05, 4.69) is 5.32 Å². The summed E-state index contributed by atoms with van der Waals surface area (Å²) < 4.78 is 49.5. The van der Waals surface area contributed by atoms with Crippen LogP contribution >= 0.6 is 0 Å². The average Bonchev–Trinajstić information content (AvgIpc) is 2.16.